The Morgan fingerprint density at radius 1 is 1.31 bits per heavy atom. The van der Waals surface area contributed by atoms with Gasteiger partial charge in [-0.25, -0.2) is 14.2 Å². The number of anilines is 1. The molecule has 2 unspecified atom stereocenters. The number of halogens is 1. The molecular weight excluding hydrogens is 359 g/mol. The molecule has 2 heterocycles. The number of rotatable bonds is 4. The zero-order valence-corrected chi connectivity index (χ0v) is 15.5. The van der Waals surface area contributed by atoms with Gasteiger partial charge >= 0.3 is 5.97 Å². The number of morpholine rings is 1. The summed E-state index contributed by atoms with van der Waals surface area (Å²) in [6.45, 7) is 6.17. The number of carbonyl (C=O) groups is 2. The first kappa shape index (κ1) is 18.5. The van der Waals surface area contributed by atoms with Gasteiger partial charge in [-0.3, -0.25) is 4.79 Å². The van der Waals surface area contributed by atoms with Crippen LogP contribution in [-0.2, 0) is 4.74 Å². The van der Waals surface area contributed by atoms with Crippen LogP contribution in [0.5, 0.6) is 0 Å². The molecule has 1 N–H and O–H groups in total. The van der Waals surface area contributed by atoms with Crippen LogP contribution >= 0.6 is 11.3 Å². The van der Waals surface area contributed by atoms with Crippen molar-refractivity contribution in [3.63, 3.8) is 0 Å². The number of aromatic carboxylic acids is 1. The summed E-state index contributed by atoms with van der Waals surface area (Å²) in [5.41, 5.74) is 0.0804. The molecule has 0 spiro atoms. The van der Waals surface area contributed by atoms with Crippen molar-refractivity contribution in [2.24, 2.45) is 0 Å². The quantitative estimate of drug-likeness (QED) is 0.824. The molecule has 0 bridgehead atoms. The van der Waals surface area contributed by atoms with Crippen molar-refractivity contribution in [2.75, 3.05) is 18.0 Å². The Morgan fingerprint density at radius 2 is 1.96 bits per heavy atom. The Morgan fingerprint density at radius 3 is 2.50 bits per heavy atom. The van der Waals surface area contributed by atoms with Crippen molar-refractivity contribution >= 4 is 28.8 Å². The lowest BCUT2D eigenvalue weighted by molar-refractivity contribution is -0.00537. The number of carboxylic acids is 1. The van der Waals surface area contributed by atoms with E-state index in [1.807, 2.05) is 18.7 Å². The maximum atomic E-state index is 15.0. The van der Waals surface area contributed by atoms with E-state index >= 15 is 4.39 Å². The van der Waals surface area contributed by atoms with Gasteiger partial charge in [0.1, 0.15) is 5.82 Å². The van der Waals surface area contributed by atoms with Crippen molar-refractivity contribution < 1.29 is 23.8 Å². The fraction of sp³-hybridized carbons (Fsp3) is 0.389. The highest BCUT2D eigenvalue weighted by Crippen LogP contribution is 2.33. The number of aromatic nitrogens is 1. The van der Waals surface area contributed by atoms with E-state index < -0.39 is 17.6 Å². The van der Waals surface area contributed by atoms with Gasteiger partial charge < -0.3 is 14.7 Å². The first-order chi connectivity index (χ1) is 12.3. The maximum Gasteiger partial charge on any atom is 0.337 e. The number of hydrogen-bond donors (Lipinski definition) is 1. The maximum absolute atomic E-state index is 15.0. The van der Waals surface area contributed by atoms with E-state index in [1.54, 1.807) is 5.38 Å². The minimum absolute atomic E-state index is 0.0925. The van der Waals surface area contributed by atoms with Crippen LogP contribution in [0, 0.1) is 12.7 Å². The monoisotopic (exact) mass is 378 g/mol. The SMILES string of the molecule is Cc1c(F)c(C(=O)c2nccs2)cc(C(=O)O)c1N1CC(C)OC(C)C1. The Balaban J connectivity index is 2.13. The van der Waals surface area contributed by atoms with E-state index in [0.29, 0.717) is 18.8 Å². The normalized spacial score (nSPS) is 20.2. The Bertz CT molecular complexity index is 843. The van der Waals surface area contributed by atoms with Gasteiger partial charge in [-0.15, -0.1) is 11.3 Å². The number of hydrogen-bond acceptors (Lipinski definition) is 6. The Kier molecular flexibility index (Phi) is 5.06. The van der Waals surface area contributed by atoms with Gasteiger partial charge in [0.2, 0.25) is 5.78 Å². The number of carbonyl (C=O) groups excluding carboxylic acids is 1. The molecule has 2 aromatic rings. The average Bonchev–Trinajstić information content (AvgIpc) is 3.09. The van der Waals surface area contributed by atoms with E-state index in [9.17, 15) is 14.7 Å². The third kappa shape index (κ3) is 3.34. The van der Waals surface area contributed by atoms with Gasteiger partial charge in [0.25, 0.3) is 0 Å². The largest absolute Gasteiger partial charge is 0.478 e. The molecular formula is C18H19FN2O4S. The highest BCUT2D eigenvalue weighted by atomic mass is 32.1. The van der Waals surface area contributed by atoms with Crippen LogP contribution in [0.2, 0.25) is 0 Å². The van der Waals surface area contributed by atoms with Crippen LogP contribution in [0.15, 0.2) is 17.6 Å². The lowest BCUT2D eigenvalue weighted by atomic mass is 9.98. The predicted octanol–water partition coefficient (Wildman–Crippen LogP) is 3.13. The molecule has 1 aromatic heterocycles. The van der Waals surface area contributed by atoms with Crippen molar-refractivity contribution in [1.82, 2.24) is 4.98 Å². The Labute approximate surface area is 154 Å². The van der Waals surface area contributed by atoms with Crippen molar-refractivity contribution in [1.29, 1.82) is 0 Å². The van der Waals surface area contributed by atoms with Gasteiger partial charge in [-0.05, 0) is 26.8 Å². The summed E-state index contributed by atoms with van der Waals surface area (Å²) in [7, 11) is 0. The second-order valence-corrected chi connectivity index (χ2v) is 7.29. The fourth-order valence-electron chi connectivity index (χ4n) is 3.33. The van der Waals surface area contributed by atoms with E-state index in [1.165, 1.54) is 13.1 Å². The molecule has 138 valence electrons. The molecule has 3 rings (SSSR count). The second-order valence-electron chi connectivity index (χ2n) is 6.39. The van der Waals surface area contributed by atoms with Gasteiger partial charge in [-0.1, -0.05) is 0 Å². The molecule has 1 fully saturated rings. The number of nitrogens with zero attached hydrogens (tertiary/aromatic N) is 2. The van der Waals surface area contributed by atoms with Crippen LogP contribution in [0.3, 0.4) is 0 Å². The standard InChI is InChI=1S/C18H19FN2O4S/c1-9-7-21(8-10(2)25-9)15-11(3)14(19)12(6-13(15)18(23)24)16(22)17-20-4-5-26-17/h4-6,9-10H,7-8H2,1-3H3,(H,23,24). The summed E-state index contributed by atoms with van der Waals surface area (Å²) in [6.07, 6.45) is 1.23. The van der Waals surface area contributed by atoms with Gasteiger partial charge in [0.15, 0.2) is 5.01 Å². The summed E-state index contributed by atoms with van der Waals surface area (Å²) in [4.78, 5) is 30.1. The molecule has 1 aliphatic rings. The van der Waals surface area contributed by atoms with Crippen LogP contribution in [0.1, 0.15) is 45.1 Å². The molecule has 2 atom stereocenters. The third-order valence-electron chi connectivity index (χ3n) is 4.30. The molecule has 0 saturated carbocycles. The van der Waals surface area contributed by atoms with Crippen molar-refractivity contribution in [3.8, 4) is 0 Å². The molecule has 1 aromatic carbocycles. The van der Waals surface area contributed by atoms with Gasteiger partial charge in [0, 0.05) is 30.2 Å². The zero-order valence-electron chi connectivity index (χ0n) is 14.7. The average molecular weight is 378 g/mol. The molecule has 0 radical (unpaired) electrons. The molecule has 8 heteroatoms. The van der Waals surface area contributed by atoms with E-state index in [4.69, 9.17) is 4.74 Å². The summed E-state index contributed by atoms with van der Waals surface area (Å²) >= 11 is 1.09. The molecule has 0 aliphatic carbocycles. The summed E-state index contributed by atoms with van der Waals surface area (Å²) < 4.78 is 20.7. The number of thiazole rings is 1. The van der Waals surface area contributed by atoms with Crippen LogP contribution in [-0.4, -0.2) is 47.1 Å². The van der Waals surface area contributed by atoms with E-state index in [-0.39, 0.29) is 33.9 Å². The predicted molar refractivity (Wildman–Crippen MR) is 95.9 cm³/mol. The number of ketones is 1. The minimum atomic E-state index is -1.21. The lowest BCUT2D eigenvalue weighted by Gasteiger charge is -2.38. The summed E-state index contributed by atoms with van der Waals surface area (Å²) in [6, 6.07) is 1.12. The molecule has 1 aliphatic heterocycles. The van der Waals surface area contributed by atoms with Gasteiger partial charge in [0.05, 0.1) is 29.0 Å². The lowest BCUT2D eigenvalue weighted by Crippen LogP contribution is -2.46. The first-order valence-corrected chi connectivity index (χ1v) is 9.08. The second kappa shape index (κ2) is 7.13. The summed E-state index contributed by atoms with van der Waals surface area (Å²) in [5, 5.41) is 11.4. The topological polar surface area (TPSA) is 79.7 Å². The van der Waals surface area contributed by atoms with Crippen molar-refractivity contribution in [2.45, 2.75) is 33.0 Å². The van der Waals surface area contributed by atoms with E-state index in [0.717, 1.165) is 17.4 Å². The fourth-order valence-corrected chi connectivity index (χ4v) is 3.92. The Hall–Kier alpha value is -2.32. The van der Waals surface area contributed by atoms with Crippen LogP contribution in [0.25, 0.3) is 0 Å². The number of carboxylic acid groups (broad SMARTS) is 1. The van der Waals surface area contributed by atoms with Crippen LogP contribution in [0.4, 0.5) is 10.1 Å². The molecule has 26 heavy (non-hydrogen) atoms. The van der Waals surface area contributed by atoms with Gasteiger partial charge in [-0.2, -0.15) is 0 Å². The third-order valence-corrected chi connectivity index (χ3v) is 5.07. The molecule has 6 nitrogen and oxygen atoms in total. The highest BCUT2D eigenvalue weighted by molar-refractivity contribution is 7.11. The molecule has 0 amide bonds. The van der Waals surface area contributed by atoms with Crippen molar-refractivity contribution in [3.05, 3.63) is 45.2 Å². The highest BCUT2D eigenvalue weighted by Gasteiger charge is 2.31. The summed E-state index contributed by atoms with van der Waals surface area (Å²) in [5.74, 6) is -2.53. The number of benzene rings is 1. The zero-order chi connectivity index (χ0) is 19.0. The minimum Gasteiger partial charge on any atom is -0.478 e. The van der Waals surface area contributed by atoms with Crippen LogP contribution < -0.4 is 4.90 Å². The smallest absolute Gasteiger partial charge is 0.337 e. The first-order valence-electron chi connectivity index (χ1n) is 8.20. The number of ether oxygens (including phenoxy) is 1. The molecule has 1 saturated heterocycles. The van der Waals surface area contributed by atoms with E-state index in [2.05, 4.69) is 4.98 Å².